The number of hydrogen-bond donors (Lipinski definition) is 1. The summed E-state index contributed by atoms with van der Waals surface area (Å²) in [5.41, 5.74) is 1.39. The van der Waals surface area contributed by atoms with Crippen LogP contribution in [0.3, 0.4) is 0 Å². The maximum Gasteiger partial charge on any atom is 0.0332 e. The van der Waals surface area contributed by atoms with Gasteiger partial charge in [0, 0.05) is 36.7 Å². The van der Waals surface area contributed by atoms with E-state index in [-0.39, 0.29) is 0 Å². The van der Waals surface area contributed by atoms with Gasteiger partial charge in [-0.1, -0.05) is 34.1 Å². The predicted octanol–water partition coefficient (Wildman–Crippen LogP) is 2.42. The van der Waals surface area contributed by atoms with E-state index in [1.54, 1.807) is 0 Å². The molecule has 0 amide bonds. The molecular formula is C12H17BrN2. The van der Waals surface area contributed by atoms with Crippen LogP contribution in [0.2, 0.25) is 0 Å². The molecule has 0 aromatic heterocycles. The van der Waals surface area contributed by atoms with Gasteiger partial charge in [-0.25, -0.2) is 0 Å². The van der Waals surface area contributed by atoms with E-state index < -0.39 is 0 Å². The summed E-state index contributed by atoms with van der Waals surface area (Å²) in [7, 11) is 0. The molecule has 0 spiro atoms. The normalized spacial score (nSPS) is 20.1. The van der Waals surface area contributed by atoms with Gasteiger partial charge in [-0.15, -0.1) is 0 Å². The molecule has 0 saturated carbocycles. The maximum atomic E-state index is 3.62. The third-order valence-corrected chi connectivity index (χ3v) is 3.78. The fourth-order valence-electron chi connectivity index (χ4n) is 2.08. The van der Waals surface area contributed by atoms with Gasteiger partial charge in [0.05, 0.1) is 0 Å². The van der Waals surface area contributed by atoms with E-state index in [9.17, 15) is 0 Å². The molecule has 3 heteroatoms. The van der Waals surface area contributed by atoms with Crippen molar-refractivity contribution in [2.24, 2.45) is 0 Å². The number of halogens is 1. The first-order valence-corrected chi connectivity index (χ1v) is 6.27. The molecule has 0 unspecified atom stereocenters. The molecular weight excluding hydrogens is 252 g/mol. The van der Waals surface area contributed by atoms with Crippen LogP contribution in [0.25, 0.3) is 0 Å². The van der Waals surface area contributed by atoms with Crippen LogP contribution in [0.4, 0.5) is 0 Å². The largest absolute Gasteiger partial charge is 0.314 e. The van der Waals surface area contributed by atoms with Crippen LogP contribution >= 0.6 is 15.9 Å². The van der Waals surface area contributed by atoms with E-state index in [1.165, 1.54) is 10.0 Å². The van der Waals surface area contributed by atoms with Crippen LogP contribution < -0.4 is 5.32 Å². The number of piperazine rings is 1. The van der Waals surface area contributed by atoms with E-state index >= 15 is 0 Å². The van der Waals surface area contributed by atoms with E-state index in [4.69, 9.17) is 0 Å². The van der Waals surface area contributed by atoms with Gasteiger partial charge in [0.2, 0.25) is 0 Å². The van der Waals surface area contributed by atoms with Gasteiger partial charge in [-0.3, -0.25) is 4.90 Å². The molecule has 1 fully saturated rings. The molecule has 82 valence electrons. The van der Waals surface area contributed by atoms with Gasteiger partial charge >= 0.3 is 0 Å². The summed E-state index contributed by atoms with van der Waals surface area (Å²) in [5.74, 6) is 0. The average molecular weight is 269 g/mol. The van der Waals surface area contributed by atoms with Crippen LogP contribution in [-0.2, 0) is 0 Å². The molecule has 1 aliphatic heterocycles. The Morgan fingerprint density at radius 2 is 1.93 bits per heavy atom. The zero-order valence-corrected chi connectivity index (χ0v) is 10.6. The molecule has 0 radical (unpaired) electrons. The lowest BCUT2D eigenvalue weighted by Gasteiger charge is -2.33. The van der Waals surface area contributed by atoms with E-state index in [1.807, 2.05) is 0 Å². The minimum absolute atomic E-state index is 0.502. The van der Waals surface area contributed by atoms with Gasteiger partial charge in [0.1, 0.15) is 0 Å². The van der Waals surface area contributed by atoms with E-state index in [2.05, 4.69) is 57.3 Å². The smallest absolute Gasteiger partial charge is 0.0332 e. The molecule has 1 atom stereocenters. The summed E-state index contributed by atoms with van der Waals surface area (Å²) in [6.45, 7) is 6.78. The fraction of sp³-hybridized carbons (Fsp3) is 0.500. The Kier molecular flexibility index (Phi) is 3.78. The Morgan fingerprint density at radius 3 is 2.60 bits per heavy atom. The van der Waals surface area contributed by atoms with Crippen molar-refractivity contribution in [2.75, 3.05) is 26.2 Å². The van der Waals surface area contributed by atoms with Crippen molar-refractivity contribution < 1.29 is 0 Å². The van der Waals surface area contributed by atoms with Crippen molar-refractivity contribution in [3.05, 3.63) is 34.3 Å². The highest BCUT2D eigenvalue weighted by atomic mass is 79.9. The number of hydrogen-bond acceptors (Lipinski definition) is 2. The summed E-state index contributed by atoms with van der Waals surface area (Å²) < 4.78 is 1.22. The van der Waals surface area contributed by atoms with Crippen molar-refractivity contribution in [1.82, 2.24) is 10.2 Å². The van der Waals surface area contributed by atoms with Gasteiger partial charge < -0.3 is 5.32 Å². The fourth-order valence-corrected chi connectivity index (χ4v) is 2.70. The van der Waals surface area contributed by atoms with Gasteiger partial charge in [0.25, 0.3) is 0 Å². The quantitative estimate of drug-likeness (QED) is 0.887. The van der Waals surface area contributed by atoms with Crippen molar-refractivity contribution >= 4 is 15.9 Å². The Labute approximate surface area is 99.8 Å². The summed E-state index contributed by atoms with van der Waals surface area (Å²) in [6.07, 6.45) is 0. The maximum absolute atomic E-state index is 3.62. The van der Waals surface area contributed by atoms with Gasteiger partial charge in [-0.2, -0.15) is 0 Å². The predicted molar refractivity (Wildman–Crippen MR) is 67.0 cm³/mol. The molecule has 1 aromatic rings. The van der Waals surface area contributed by atoms with Crippen molar-refractivity contribution in [3.63, 3.8) is 0 Å². The number of rotatable bonds is 2. The zero-order valence-electron chi connectivity index (χ0n) is 9.04. The highest BCUT2D eigenvalue weighted by Crippen LogP contribution is 2.27. The lowest BCUT2D eigenvalue weighted by atomic mass is 10.1. The summed E-state index contributed by atoms with van der Waals surface area (Å²) in [6, 6.07) is 9.00. The van der Waals surface area contributed by atoms with Gasteiger partial charge in [0.15, 0.2) is 0 Å². The number of benzene rings is 1. The molecule has 1 aromatic carbocycles. The first kappa shape index (κ1) is 11.1. The molecule has 1 N–H and O–H groups in total. The Morgan fingerprint density at radius 1 is 1.27 bits per heavy atom. The summed E-state index contributed by atoms with van der Waals surface area (Å²) in [5, 5.41) is 3.38. The second kappa shape index (κ2) is 5.10. The molecule has 2 nitrogen and oxygen atoms in total. The molecule has 2 rings (SSSR count). The lowest BCUT2D eigenvalue weighted by molar-refractivity contribution is 0.185. The van der Waals surface area contributed by atoms with Crippen LogP contribution in [-0.4, -0.2) is 31.1 Å². The highest BCUT2D eigenvalue weighted by Gasteiger charge is 2.18. The Bertz CT molecular complexity index is 321. The van der Waals surface area contributed by atoms with Gasteiger partial charge in [-0.05, 0) is 18.6 Å². The van der Waals surface area contributed by atoms with Crippen molar-refractivity contribution in [3.8, 4) is 0 Å². The average Bonchev–Trinajstić information content (AvgIpc) is 2.30. The number of nitrogens with one attached hydrogen (secondary N) is 1. The zero-order chi connectivity index (χ0) is 10.7. The molecule has 0 bridgehead atoms. The minimum Gasteiger partial charge on any atom is -0.314 e. The van der Waals surface area contributed by atoms with Crippen LogP contribution in [0.5, 0.6) is 0 Å². The SMILES string of the molecule is C[C@@H](c1ccccc1Br)N1CCNCC1. The highest BCUT2D eigenvalue weighted by molar-refractivity contribution is 9.10. The topological polar surface area (TPSA) is 15.3 Å². The summed E-state index contributed by atoms with van der Waals surface area (Å²) in [4.78, 5) is 2.52. The third-order valence-electron chi connectivity index (χ3n) is 3.05. The molecule has 1 heterocycles. The first-order valence-electron chi connectivity index (χ1n) is 5.48. The minimum atomic E-state index is 0.502. The lowest BCUT2D eigenvalue weighted by Crippen LogP contribution is -2.44. The monoisotopic (exact) mass is 268 g/mol. The van der Waals surface area contributed by atoms with Crippen LogP contribution in [0.1, 0.15) is 18.5 Å². The van der Waals surface area contributed by atoms with Crippen molar-refractivity contribution in [2.45, 2.75) is 13.0 Å². The standard InChI is InChI=1S/C12H17BrN2/c1-10(15-8-6-14-7-9-15)11-4-2-3-5-12(11)13/h2-5,10,14H,6-9H2,1H3/t10-/m0/s1. The van der Waals surface area contributed by atoms with Crippen LogP contribution in [0, 0.1) is 0 Å². The van der Waals surface area contributed by atoms with E-state index in [0.29, 0.717) is 6.04 Å². The van der Waals surface area contributed by atoms with Crippen molar-refractivity contribution in [1.29, 1.82) is 0 Å². The molecule has 0 aliphatic carbocycles. The molecule has 15 heavy (non-hydrogen) atoms. The second-order valence-electron chi connectivity index (χ2n) is 3.98. The Hall–Kier alpha value is -0.380. The molecule has 1 saturated heterocycles. The number of nitrogens with zero attached hydrogens (tertiary/aromatic N) is 1. The molecule has 1 aliphatic rings. The van der Waals surface area contributed by atoms with E-state index in [0.717, 1.165) is 26.2 Å². The summed E-state index contributed by atoms with van der Waals surface area (Å²) >= 11 is 3.62. The first-order chi connectivity index (χ1) is 7.29. The van der Waals surface area contributed by atoms with Crippen LogP contribution in [0.15, 0.2) is 28.7 Å². The third kappa shape index (κ3) is 2.60. The Balaban J connectivity index is 2.12. The second-order valence-corrected chi connectivity index (χ2v) is 4.84.